The van der Waals surface area contributed by atoms with Crippen molar-refractivity contribution >= 4 is 0 Å². The van der Waals surface area contributed by atoms with E-state index in [1.165, 1.54) is 5.56 Å². The molecule has 2 aromatic carbocycles. The highest BCUT2D eigenvalue weighted by Gasteiger charge is 2.14. The summed E-state index contributed by atoms with van der Waals surface area (Å²) in [6.07, 6.45) is 5.61. The molecule has 0 atom stereocenters. The lowest BCUT2D eigenvalue weighted by molar-refractivity contribution is 0.689. The maximum Gasteiger partial charge on any atom is 0.100 e. The first kappa shape index (κ1) is 15.8. The maximum atomic E-state index is 9.21. The summed E-state index contributed by atoms with van der Waals surface area (Å²) < 4.78 is 1.94. The van der Waals surface area contributed by atoms with E-state index in [1.54, 1.807) is 18.5 Å². The molecule has 0 saturated heterocycles. The topological polar surface area (TPSA) is 54.5 Å². The van der Waals surface area contributed by atoms with Crippen LogP contribution in [0.4, 0.5) is 0 Å². The highest BCUT2D eigenvalue weighted by Crippen LogP contribution is 2.31. The van der Waals surface area contributed by atoms with Crippen molar-refractivity contribution < 1.29 is 0 Å². The van der Waals surface area contributed by atoms with E-state index in [4.69, 9.17) is 5.10 Å². The quantitative estimate of drug-likeness (QED) is 0.550. The van der Waals surface area contributed by atoms with Gasteiger partial charge in [0.05, 0.1) is 18.2 Å². The van der Waals surface area contributed by atoms with E-state index in [9.17, 15) is 5.26 Å². The van der Waals surface area contributed by atoms with E-state index in [0.717, 1.165) is 22.4 Å². The summed E-state index contributed by atoms with van der Waals surface area (Å²) in [6.45, 7) is 0.691. The van der Waals surface area contributed by atoms with E-state index < -0.39 is 0 Å². The Kier molecular flexibility index (Phi) is 4.28. The Morgan fingerprint density at radius 1 is 0.885 bits per heavy atom. The molecule has 4 aromatic rings. The molecule has 4 nitrogen and oxygen atoms in total. The van der Waals surface area contributed by atoms with Gasteiger partial charge < -0.3 is 0 Å². The zero-order chi connectivity index (χ0) is 17.8. The number of hydrogen-bond donors (Lipinski definition) is 0. The number of nitrogens with zero attached hydrogens (tertiary/aromatic N) is 4. The Balaban J connectivity index is 1.82. The molecule has 0 N–H and O–H groups in total. The van der Waals surface area contributed by atoms with Gasteiger partial charge in [0, 0.05) is 29.7 Å². The van der Waals surface area contributed by atoms with E-state index in [1.807, 2.05) is 53.2 Å². The molecule has 0 saturated carbocycles. The summed E-state index contributed by atoms with van der Waals surface area (Å²) in [5.41, 5.74) is 5.69. The fourth-order valence-corrected chi connectivity index (χ4v) is 2.96. The summed E-state index contributed by atoms with van der Waals surface area (Å²) in [7, 11) is 0. The van der Waals surface area contributed by atoms with Gasteiger partial charge in [-0.25, -0.2) is 0 Å². The molecular weight excluding hydrogens is 320 g/mol. The molecule has 0 aliphatic heterocycles. The number of benzene rings is 2. The Labute approximate surface area is 152 Å². The zero-order valence-electron chi connectivity index (χ0n) is 14.1. The molecule has 4 heteroatoms. The fourth-order valence-electron chi connectivity index (χ4n) is 2.96. The molecule has 2 aromatic heterocycles. The summed E-state index contributed by atoms with van der Waals surface area (Å²) in [5, 5.41) is 14.0. The standard InChI is InChI=1S/C22H16N4/c23-14-18-7-4-8-20(13-18)22-21(19-9-11-24-12-10-19)16-26(25-22)15-17-5-2-1-3-6-17/h1-13,16H,15H2. The highest BCUT2D eigenvalue weighted by molar-refractivity contribution is 5.80. The minimum Gasteiger partial charge on any atom is -0.267 e. The minimum absolute atomic E-state index is 0.626. The van der Waals surface area contributed by atoms with Crippen LogP contribution in [-0.4, -0.2) is 14.8 Å². The smallest absolute Gasteiger partial charge is 0.100 e. The van der Waals surface area contributed by atoms with Crippen LogP contribution < -0.4 is 0 Å². The van der Waals surface area contributed by atoms with Gasteiger partial charge in [-0.1, -0.05) is 42.5 Å². The zero-order valence-corrected chi connectivity index (χ0v) is 14.1. The first-order valence-electron chi connectivity index (χ1n) is 8.36. The predicted octanol–water partition coefficient (Wildman–Crippen LogP) is 4.53. The van der Waals surface area contributed by atoms with E-state index >= 15 is 0 Å². The molecule has 0 bridgehead atoms. The highest BCUT2D eigenvalue weighted by atomic mass is 15.3. The molecule has 26 heavy (non-hydrogen) atoms. The van der Waals surface area contributed by atoms with E-state index in [-0.39, 0.29) is 0 Å². The lowest BCUT2D eigenvalue weighted by atomic mass is 10.0. The van der Waals surface area contributed by atoms with Crippen LogP contribution in [-0.2, 0) is 6.54 Å². The molecule has 0 amide bonds. The van der Waals surface area contributed by atoms with Gasteiger partial charge in [0.1, 0.15) is 5.69 Å². The number of nitriles is 1. The number of aromatic nitrogens is 3. The van der Waals surface area contributed by atoms with Crippen molar-refractivity contribution in [2.24, 2.45) is 0 Å². The van der Waals surface area contributed by atoms with Crippen molar-refractivity contribution in [3.63, 3.8) is 0 Å². The average Bonchev–Trinajstić information content (AvgIpc) is 3.13. The number of rotatable bonds is 4. The maximum absolute atomic E-state index is 9.21. The first-order chi connectivity index (χ1) is 12.8. The van der Waals surface area contributed by atoms with Crippen LogP contribution in [0.5, 0.6) is 0 Å². The molecule has 2 heterocycles. The molecule has 0 aliphatic carbocycles. The Bertz CT molecular complexity index is 1060. The molecule has 0 unspecified atom stereocenters. The summed E-state index contributed by atoms with van der Waals surface area (Å²) in [4.78, 5) is 4.10. The third-order valence-electron chi connectivity index (χ3n) is 4.21. The van der Waals surface area contributed by atoms with Crippen LogP contribution in [0.15, 0.2) is 85.3 Å². The van der Waals surface area contributed by atoms with Gasteiger partial charge in [-0.15, -0.1) is 0 Å². The molecule has 0 spiro atoms. The van der Waals surface area contributed by atoms with Crippen LogP contribution in [0.3, 0.4) is 0 Å². The minimum atomic E-state index is 0.626. The third-order valence-corrected chi connectivity index (χ3v) is 4.21. The summed E-state index contributed by atoms with van der Waals surface area (Å²) >= 11 is 0. The van der Waals surface area contributed by atoms with Crippen molar-refractivity contribution in [3.05, 3.63) is 96.4 Å². The lowest BCUT2D eigenvalue weighted by Crippen LogP contribution is -2.00. The predicted molar refractivity (Wildman–Crippen MR) is 101 cm³/mol. The average molecular weight is 336 g/mol. The summed E-state index contributed by atoms with van der Waals surface area (Å²) in [6, 6.07) is 23.9. The van der Waals surface area contributed by atoms with Crippen LogP contribution in [0.25, 0.3) is 22.4 Å². The summed E-state index contributed by atoms with van der Waals surface area (Å²) in [5.74, 6) is 0. The van der Waals surface area contributed by atoms with E-state index in [0.29, 0.717) is 12.1 Å². The van der Waals surface area contributed by atoms with Crippen LogP contribution in [0.1, 0.15) is 11.1 Å². The van der Waals surface area contributed by atoms with Gasteiger partial charge in [0.2, 0.25) is 0 Å². The largest absolute Gasteiger partial charge is 0.267 e. The lowest BCUT2D eigenvalue weighted by Gasteiger charge is -2.03. The third kappa shape index (κ3) is 3.24. The Morgan fingerprint density at radius 2 is 1.69 bits per heavy atom. The van der Waals surface area contributed by atoms with Crippen molar-refractivity contribution in [3.8, 4) is 28.5 Å². The second kappa shape index (κ2) is 7.04. The van der Waals surface area contributed by atoms with Gasteiger partial charge in [-0.2, -0.15) is 10.4 Å². The second-order valence-electron chi connectivity index (χ2n) is 6.00. The van der Waals surface area contributed by atoms with Gasteiger partial charge in [0.25, 0.3) is 0 Å². The Hall–Kier alpha value is -3.71. The van der Waals surface area contributed by atoms with Crippen LogP contribution >= 0.6 is 0 Å². The van der Waals surface area contributed by atoms with Crippen molar-refractivity contribution in [1.29, 1.82) is 5.26 Å². The first-order valence-corrected chi connectivity index (χ1v) is 8.36. The molecule has 0 fully saturated rings. The molecular formula is C22H16N4. The van der Waals surface area contributed by atoms with Gasteiger partial charge >= 0.3 is 0 Å². The fraction of sp³-hybridized carbons (Fsp3) is 0.0455. The van der Waals surface area contributed by atoms with Crippen molar-refractivity contribution in [1.82, 2.24) is 14.8 Å². The monoisotopic (exact) mass is 336 g/mol. The van der Waals surface area contributed by atoms with E-state index in [2.05, 4.69) is 29.4 Å². The molecule has 0 radical (unpaired) electrons. The van der Waals surface area contributed by atoms with Gasteiger partial charge in [-0.3, -0.25) is 9.67 Å². The second-order valence-corrected chi connectivity index (χ2v) is 6.00. The molecule has 124 valence electrons. The number of pyridine rings is 1. The van der Waals surface area contributed by atoms with Gasteiger partial charge in [-0.05, 0) is 35.4 Å². The van der Waals surface area contributed by atoms with Crippen LogP contribution in [0, 0.1) is 11.3 Å². The van der Waals surface area contributed by atoms with Crippen LogP contribution in [0.2, 0.25) is 0 Å². The normalized spacial score (nSPS) is 10.4. The SMILES string of the molecule is N#Cc1cccc(-c2nn(Cc3ccccc3)cc2-c2ccncc2)c1. The van der Waals surface area contributed by atoms with Crippen molar-refractivity contribution in [2.45, 2.75) is 6.54 Å². The van der Waals surface area contributed by atoms with Gasteiger partial charge in [0.15, 0.2) is 0 Å². The molecule has 4 rings (SSSR count). The molecule has 0 aliphatic rings. The Morgan fingerprint density at radius 3 is 2.46 bits per heavy atom. The van der Waals surface area contributed by atoms with Crippen molar-refractivity contribution in [2.75, 3.05) is 0 Å². The number of hydrogen-bond acceptors (Lipinski definition) is 3.